The van der Waals surface area contributed by atoms with E-state index in [9.17, 15) is 4.79 Å². The number of rotatable bonds is 25. The topological polar surface area (TPSA) is 415 Å². The third-order valence-electron chi connectivity index (χ3n) is 22.5. The Labute approximate surface area is 804 Å². The molecule has 0 unspecified atom stereocenters. The van der Waals surface area contributed by atoms with Crippen molar-refractivity contribution in [2.45, 2.75) is 33.0 Å². The van der Waals surface area contributed by atoms with Gasteiger partial charge in [-0.2, -0.15) is 11.3 Å². The SMILES string of the molecule is COc1ccc2c(OCc3nnc4ccc(-c5cccnc5)cn34)ccnc2c1.COc1ccc2c(OCc3nnc4ccc(-c5ccsc5)cn34)ccnc2c1.COc1ccc2c(OCc3nnc4ccc(-c5cnccn5)cn34)ccnc2c1.COc1ccc2c(OCc3nnc4ccc(-c5ncccn5)cn34)ccnc2c1.COc1ccc2c(OCc3nnc4ccc(C(N)=O)cn34)ccnc2c1. The molecule has 2 N–H and O–H groups in total. The van der Waals surface area contributed by atoms with Crippen molar-refractivity contribution in [2.75, 3.05) is 35.5 Å². The summed E-state index contributed by atoms with van der Waals surface area (Å²) in [6.45, 7) is 1.28. The molecule has 694 valence electrons. The molecule has 19 aromatic heterocycles. The molecule has 19 heterocycles. The van der Waals surface area contributed by atoms with E-state index in [0.717, 1.165) is 168 Å². The van der Waals surface area contributed by atoms with Crippen molar-refractivity contribution in [3.05, 3.63) is 357 Å². The minimum absolute atomic E-state index is 0.175. The molecule has 0 bridgehead atoms. The van der Waals surface area contributed by atoms with Crippen LogP contribution in [0.2, 0.25) is 0 Å². The molecule has 0 aliphatic carbocycles. The number of benzene rings is 5. The van der Waals surface area contributed by atoms with E-state index in [1.54, 1.807) is 150 Å². The van der Waals surface area contributed by atoms with Gasteiger partial charge in [0.2, 0.25) is 5.91 Å². The van der Waals surface area contributed by atoms with Gasteiger partial charge >= 0.3 is 0 Å². The average molecular weight is 1890 g/mol. The van der Waals surface area contributed by atoms with Crippen LogP contribution in [0, 0.1) is 0 Å². The lowest BCUT2D eigenvalue weighted by atomic mass is 10.1. The summed E-state index contributed by atoms with van der Waals surface area (Å²) in [5, 5.41) is 50.9. The Kier molecular flexibility index (Phi) is 26.2. The molecule has 0 radical (unpaired) electrons. The zero-order valence-corrected chi connectivity index (χ0v) is 76.6. The van der Waals surface area contributed by atoms with Crippen LogP contribution in [0.1, 0.15) is 39.5 Å². The predicted molar refractivity (Wildman–Crippen MR) is 525 cm³/mol. The summed E-state index contributed by atoms with van der Waals surface area (Å²) in [5.41, 5.74) is 20.3. The first-order valence-electron chi connectivity index (χ1n) is 43.6. The van der Waals surface area contributed by atoms with E-state index in [2.05, 4.69) is 124 Å². The Bertz CT molecular complexity index is 8110. The van der Waals surface area contributed by atoms with Gasteiger partial charge in [0.05, 0.1) is 80.6 Å². The normalized spacial score (nSPS) is 11.1. The van der Waals surface area contributed by atoms with Gasteiger partial charge in [0.25, 0.3) is 0 Å². The molecular weight excluding hydrogens is 1810 g/mol. The smallest absolute Gasteiger partial charge is 0.250 e. The number of ether oxygens (including phenoxy) is 10. The Morgan fingerprint density at radius 3 is 0.972 bits per heavy atom. The molecule has 0 saturated carbocycles. The highest BCUT2D eigenvalue weighted by Gasteiger charge is 2.20. The van der Waals surface area contributed by atoms with Crippen molar-refractivity contribution in [3.63, 3.8) is 0 Å². The fourth-order valence-corrected chi connectivity index (χ4v) is 16.0. The molecule has 1 amide bonds. The van der Waals surface area contributed by atoms with Gasteiger partial charge < -0.3 is 53.1 Å². The molecule has 24 rings (SSSR count). The van der Waals surface area contributed by atoms with Gasteiger partial charge in [-0.05, 0) is 192 Å². The summed E-state index contributed by atoms with van der Waals surface area (Å²) in [7, 11) is 8.15. The van der Waals surface area contributed by atoms with Gasteiger partial charge in [-0.3, -0.25) is 66.7 Å². The van der Waals surface area contributed by atoms with Gasteiger partial charge in [0.15, 0.2) is 63.2 Å². The number of hydrogen-bond donors (Lipinski definition) is 1. The molecular formula is C103H80N26O11S. The molecule has 38 heteroatoms. The maximum absolute atomic E-state index is 11.4. The van der Waals surface area contributed by atoms with Crippen LogP contribution in [-0.2, 0) is 33.0 Å². The van der Waals surface area contributed by atoms with E-state index in [0.29, 0.717) is 52.7 Å². The highest BCUT2D eigenvalue weighted by atomic mass is 32.1. The predicted octanol–water partition coefficient (Wildman–Crippen LogP) is 17.1. The fourth-order valence-electron chi connectivity index (χ4n) is 15.3. The number of nitrogens with two attached hydrogens (primary N) is 1. The number of carbonyl (C=O) groups excluding carboxylic acids is 1. The van der Waals surface area contributed by atoms with Gasteiger partial charge in [-0.15, -0.1) is 51.0 Å². The number of hydrogen-bond acceptors (Lipinski definition) is 32. The third-order valence-corrected chi connectivity index (χ3v) is 23.2. The second-order valence-corrected chi connectivity index (χ2v) is 31.8. The lowest BCUT2D eigenvalue weighted by Gasteiger charge is -2.09. The molecule has 0 fully saturated rings. The van der Waals surface area contributed by atoms with Crippen molar-refractivity contribution in [2.24, 2.45) is 5.73 Å². The fraction of sp³-hybridized carbons (Fsp3) is 0.0971. The molecule has 0 atom stereocenters. The van der Waals surface area contributed by atoms with Gasteiger partial charge in [-0.1, -0.05) is 6.07 Å². The Balaban J connectivity index is 0.000000108. The van der Waals surface area contributed by atoms with Crippen LogP contribution < -0.4 is 53.1 Å². The molecule has 0 spiro atoms. The summed E-state index contributed by atoms with van der Waals surface area (Å²) in [5.74, 6) is 10.8. The maximum atomic E-state index is 11.4. The van der Waals surface area contributed by atoms with Crippen LogP contribution >= 0.6 is 11.3 Å². The van der Waals surface area contributed by atoms with Crippen molar-refractivity contribution in [1.82, 2.24) is 123 Å². The molecule has 141 heavy (non-hydrogen) atoms. The Hall–Kier alpha value is -19.3. The van der Waals surface area contributed by atoms with Crippen LogP contribution in [0.3, 0.4) is 0 Å². The highest BCUT2D eigenvalue weighted by molar-refractivity contribution is 7.08. The van der Waals surface area contributed by atoms with E-state index in [4.69, 9.17) is 53.1 Å². The van der Waals surface area contributed by atoms with Crippen LogP contribution in [-0.4, -0.2) is 164 Å². The summed E-state index contributed by atoms with van der Waals surface area (Å²) < 4.78 is 65.9. The van der Waals surface area contributed by atoms with Crippen molar-refractivity contribution in [1.29, 1.82) is 0 Å². The summed E-state index contributed by atoms with van der Waals surface area (Å²) in [6, 6.07) is 64.3. The number of amides is 1. The lowest BCUT2D eigenvalue weighted by molar-refractivity contribution is 0.0999. The van der Waals surface area contributed by atoms with Crippen LogP contribution in [0.5, 0.6) is 57.5 Å². The second-order valence-electron chi connectivity index (χ2n) is 31.0. The maximum Gasteiger partial charge on any atom is 0.250 e. The second kappa shape index (κ2) is 41.3. The number of aromatic nitrogens is 25. The van der Waals surface area contributed by atoms with Gasteiger partial charge in [0, 0.05) is 179 Å². The number of primary amides is 1. The first kappa shape index (κ1) is 89.6. The van der Waals surface area contributed by atoms with Crippen molar-refractivity contribution in [3.8, 4) is 102 Å². The molecule has 0 aliphatic rings. The molecule has 24 aromatic rings. The van der Waals surface area contributed by atoms with Gasteiger partial charge in [0.1, 0.15) is 90.5 Å². The largest absolute Gasteiger partial charge is 0.497 e. The summed E-state index contributed by atoms with van der Waals surface area (Å²) >= 11 is 1.68. The number of nitrogens with zero attached hydrogens (tertiary/aromatic N) is 25. The number of carbonyl (C=O) groups is 1. The van der Waals surface area contributed by atoms with E-state index in [1.165, 1.54) is 5.56 Å². The molecule has 0 saturated heterocycles. The Morgan fingerprint density at radius 1 is 0.291 bits per heavy atom. The number of methoxy groups -OCH3 is 5. The van der Waals surface area contributed by atoms with Gasteiger partial charge in [-0.25, -0.2) is 9.97 Å². The zero-order chi connectivity index (χ0) is 95.9. The summed E-state index contributed by atoms with van der Waals surface area (Å²) in [6.07, 6.45) is 30.1. The minimum atomic E-state index is -0.512. The van der Waals surface area contributed by atoms with E-state index in [-0.39, 0.29) is 26.4 Å². The standard InChI is InChI=1S/C22H17N5O2.2C21H16N6O2.C21H16N4O2S.C18H15N5O3/c1-28-17-5-6-18-19(11-17)24-10-8-20(18)29-14-22-26-25-21-7-4-16(13-27(21)22)15-3-2-9-23-12-15;1-28-15-4-5-16-17(11-15)22-10-7-18(16)29-13-20-26-25-19-6-3-14(12-27(19)20)21-23-8-2-9-24-21;1-28-15-3-4-16-17(10-15)23-7-6-19(16)29-13-21-26-25-20-5-2-14(12-27(20)21)18-11-22-8-9-24-18;1-26-16-3-4-17-18(10-16)22-8-6-19(17)27-12-21-24-23-20-5-2-14(11-25(20)21)15-7-9-28-13-15;1-25-12-3-4-13-14(8-12)20-7-6-15(13)26-10-17-22-21-16-5-2-11(18(19)24)9-23(16)17/h2-13H,14H2,1H3;2*2-12H,13H2,1H3;2-11,13H,12H2,1H3;2-9H,10H2,1H3,(H2,19,24). The number of thiophene rings is 1. The van der Waals surface area contributed by atoms with E-state index >= 15 is 0 Å². The van der Waals surface area contributed by atoms with E-state index < -0.39 is 5.91 Å². The Morgan fingerprint density at radius 2 is 0.631 bits per heavy atom. The van der Waals surface area contributed by atoms with E-state index in [1.807, 2.05) is 218 Å². The third kappa shape index (κ3) is 20.0. The van der Waals surface area contributed by atoms with Crippen molar-refractivity contribution >= 4 is 100.0 Å². The van der Waals surface area contributed by atoms with Crippen molar-refractivity contribution < 1.29 is 52.2 Å². The summed E-state index contributed by atoms with van der Waals surface area (Å²) in [4.78, 5) is 54.5. The highest BCUT2D eigenvalue weighted by Crippen LogP contribution is 2.36. The molecule has 5 aromatic carbocycles. The van der Waals surface area contributed by atoms with Crippen LogP contribution in [0.4, 0.5) is 0 Å². The molecule has 0 aliphatic heterocycles. The molecule has 37 nitrogen and oxygen atoms in total. The van der Waals surface area contributed by atoms with Crippen LogP contribution in [0.15, 0.2) is 322 Å². The quantitative estimate of drug-likeness (QED) is 0.0555. The zero-order valence-electron chi connectivity index (χ0n) is 75.8. The number of pyridine rings is 11. The average Bonchev–Trinajstić information content (AvgIpc) is 1.41. The lowest BCUT2D eigenvalue weighted by Crippen LogP contribution is -2.12. The first-order valence-corrected chi connectivity index (χ1v) is 44.6. The van der Waals surface area contributed by atoms with Crippen LogP contribution in [0.25, 0.3) is 128 Å². The monoisotopic (exact) mass is 1890 g/mol. The minimum Gasteiger partial charge on any atom is -0.497 e. The number of fused-ring (bicyclic) bond motifs is 10. The first-order chi connectivity index (χ1) is 69.4.